The first-order valence-electron chi connectivity index (χ1n) is 10.7. The molecule has 1 aromatic carbocycles. The van der Waals surface area contributed by atoms with Gasteiger partial charge in [0.1, 0.15) is 11.4 Å². The van der Waals surface area contributed by atoms with Crippen LogP contribution in [0.15, 0.2) is 42.6 Å². The molecule has 0 radical (unpaired) electrons. The second-order valence-corrected chi connectivity index (χ2v) is 9.19. The van der Waals surface area contributed by atoms with Gasteiger partial charge in [-0.05, 0) is 56.6 Å². The summed E-state index contributed by atoms with van der Waals surface area (Å²) in [6.45, 7) is 7.80. The Morgan fingerprint density at radius 1 is 1.28 bits per heavy atom. The molecule has 3 heterocycles. The van der Waals surface area contributed by atoms with Crippen LogP contribution in [0.4, 0.5) is 0 Å². The lowest BCUT2D eigenvalue weighted by molar-refractivity contribution is -0.00620. The fraction of sp³-hybridized carbons (Fsp3) is 0.542. The van der Waals surface area contributed by atoms with Gasteiger partial charge in [0.15, 0.2) is 0 Å². The Balaban J connectivity index is 1.29. The summed E-state index contributed by atoms with van der Waals surface area (Å²) < 4.78 is 5.99. The topological polar surface area (TPSA) is 48.8 Å². The van der Waals surface area contributed by atoms with E-state index in [0.717, 1.165) is 56.9 Å². The summed E-state index contributed by atoms with van der Waals surface area (Å²) in [6.07, 6.45) is 4.38. The van der Waals surface area contributed by atoms with Gasteiger partial charge in [0.2, 0.25) is 0 Å². The van der Waals surface area contributed by atoms with Crippen molar-refractivity contribution in [2.45, 2.75) is 57.4 Å². The zero-order chi connectivity index (χ0) is 20.4. The highest BCUT2D eigenvalue weighted by molar-refractivity contribution is 5.41. The summed E-state index contributed by atoms with van der Waals surface area (Å²) in [7, 11) is 2.12. The number of piperidine rings is 1. The van der Waals surface area contributed by atoms with Crippen molar-refractivity contribution in [2.75, 3.05) is 26.7 Å². The lowest BCUT2D eigenvalue weighted by Gasteiger charge is -2.40. The van der Waals surface area contributed by atoms with E-state index in [1.54, 1.807) is 0 Å². The number of aromatic nitrogens is 1. The van der Waals surface area contributed by atoms with Crippen LogP contribution in [0.25, 0.3) is 0 Å². The van der Waals surface area contributed by atoms with E-state index in [4.69, 9.17) is 4.74 Å². The van der Waals surface area contributed by atoms with Gasteiger partial charge in [0, 0.05) is 57.0 Å². The zero-order valence-electron chi connectivity index (χ0n) is 17.8. The molecule has 0 aliphatic carbocycles. The molecule has 0 amide bonds. The van der Waals surface area contributed by atoms with Crippen molar-refractivity contribution in [3.63, 3.8) is 0 Å². The number of hydrogen-bond acceptors (Lipinski definition) is 5. The van der Waals surface area contributed by atoms with Crippen molar-refractivity contribution in [3.05, 3.63) is 59.4 Å². The smallest absolute Gasteiger partial charge is 0.123 e. The fourth-order valence-electron chi connectivity index (χ4n) is 4.66. The minimum Gasteiger partial charge on any atom is -0.487 e. The molecule has 156 valence electrons. The number of benzene rings is 1. The second-order valence-electron chi connectivity index (χ2n) is 9.19. The number of nitrogens with zero attached hydrogens (tertiary/aromatic N) is 3. The molecule has 2 aromatic rings. The average molecular weight is 396 g/mol. The summed E-state index contributed by atoms with van der Waals surface area (Å²) in [5.74, 6) is 1.02. The molecule has 5 nitrogen and oxygen atoms in total. The number of fused-ring (bicyclic) bond motifs is 1. The van der Waals surface area contributed by atoms with Crippen molar-refractivity contribution in [2.24, 2.45) is 0 Å². The van der Waals surface area contributed by atoms with Gasteiger partial charge in [-0.15, -0.1) is 0 Å². The van der Waals surface area contributed by atoms with Crippen molar-refractivity contribution in [1.82, 2.24) is 14.8 Å². The van der Waals surface area contributed by atoms with E-state index in [1.807, 2.05) is 18.3 Å². The highest BCUT2D eigenvalue weighted by Crippen LogP contribution is 2.35. The standard InChI is InChI=1S/C24H33N3O2/c1-24(2)15-19-14-18(7-8-23(19)29-24)16-27-13-10-21(22(28)17-27)26(3)12-9-20-6-4-5-11-25-20/h4-8,11,14,21-22,28H,9-10,12-13,15-17H2,1-3H3/t21-,22-/m1/s1. The van der Waals surface area contributed by atoms with Crippen LogP contribution >= 0.6 is 0 Å². The zero-order valence-corrected chi connectivity index (χ0v) is 17.8. The minimum atomic E-state index is -0.325. The quantitative estimate of drug-likeness (QED) is 0.815. The molecular formula is C24H33N3O2. The summed E-state index contributed by atoms with van der Waals surface area (Å²) in [5, 5.41) is 10.8. The van der Waals surface area contributed by atoms with Crippen LogP contribution in [-0.4, -0.2) is 64.3 Å². The van der Waals surface area contributed by atoms with Crippen LogP contribution in [0, 0.1) is 0 Å². The van der Waals surface area contributed by atoms with Crippen LogP contribution < -0.4 is 4.74 Å². The Kier molecular flexibility index (Phi) is 5.91. The number of pyridine rings is 1. The van der Waals surface area contributed by atoms with E-state index in [2.05, 4.69) is 59.9 Å². The highest BCUT2D eigenvalue weighted by atomic mass is 16.5. The van der Waals surface area contributed by atoms with E-state index >= 15 is 0 Å². The predicted octanol–water partition coefficient (Wildman–Crippen LogP) is 2.90. The average Bonchev–Trinajstić information content (AvgIpc) is 3.00. The van der Waals surface area contributed by atoms with Gasteiger partial charge in [0.05, 0.1) is 6.10 Å². The molecule has 29 heavy (non-hydrogen) atoms. The monoisotopic (exact) mass is 395 g/mol. The third-order valence-corrected chi connectivity index (χ3v) is 6.18. The number of β-amino-alcohol motifs (C(OH)–C–C–N with tert-alkyl or cyclic N) is 1. The lowest BCUT2D eigenvalue weighted by atomic mass is 9.98. The van der Waals surface area contributed by atoms with E-state index in [1.165, 1.54) is 11.1 Å². The van der Waals surface area contributed by atoms with Crippen LogP contribution in [0.2, 0.25) is 0 Å². The van der Waals surface area contributed by atoms with Crippen molar-refractivity contribution >= 4 is 0 Å². The van der Waals surface area contributed by atoms with E-state index in [-0.39, 0.29) is 17.7 Å². The Morgan fingerprint density at radius 2 is 2.14 bits per heavy atom. The van der Waals surface area contributed by atoms with Gasteiger partial charge in [-0.2, -0.15) is 0 Å². The third kappa shape index (κ3) is 4.97. The molecule has 0 saturated carbocycles. The van der Waals surface area contributed by atoms with Gasteiger partial charge in [-0.3, -0.25) is 9.88 Å². The van der Waals surface area contributed by atoms with Gasteiger partial charge < -0.3 is 14.7 Å². The second kappa shape index (κ2) is 8.42. The van der Waals surface area contributed by atoms with Crippen molar-refractivity contribution in [1.29, 1.82) is 0 Å². The summed E-state index contributed by atoms with van der Waals surface area (Å²) >= 11 is 0. The normalized spacial score (nSPS) is 23.8. The molecule has 0 bridgehead atoms. The number of aliphatic hydroxyl groups excluding tert-OH is 1. The molecule has 1 fully saturated rings. The number of likely N-dealkylation sites (N-methyl/N-ethyl adjacent to an activating group) is 1. The van der Waals surface area contributed by atoms with E-state index in [9.17, 15) is 5.11 Å². The van der Waals surface area contributed by atoms with E-state index < -0.39 is 0 Å². The molecule has 2 atom stereocenters. The summed E-state index contributed by atoms with van der Waals surface area (Å²) in [5.41, 5.74) is 3.61. The first kappa shape index (κ1) is 20.3. The maximum Gasteiger partial charge on any atom is 0.123 e. The maximum atomic E-state index is 10.8. The molecule has 1 saturated heterocycles. The van der Waals surface area contributed by atoms with Crippen molar-refractivity contribution in [3.8, 4) is 5.75 Å². The van der Waals surface area contributed by atoms with Crippen LogP contribution in [0.5, 0.6) is 5.75 Å². The number of likely N-dealkylation sites (tertiary alicyclic amines) is 1. The Morgan fingerprint density at radius 3 is 2.90 bits per heavy atom. The Labute approximate surface area is 174 Å². The number of ether oxygens (including phenoxy) is 1. The van der Waals surface area contributed by atoms with Crippen LogP contribution in [0.3, 0.4) is 0 Å². The lowest BCUT2D eigenvalue weighted by Crippen LogP contribution is -2.53. The molecule has 1 N–H and O–H groups in total. The van der Waals surface area contributed by atoms with E-state index in [0.29, 0.717) is 0 Å². The first-order valence-corrected chi connectivity index (χ1v) is 10.7. The number of hydrogen-bond donors (Lipinski definition) is 1. The van der Waals surface area contributed by atoms with Crippen LogP contribution in [-0.2, 0) is 19.4 Å². The Hall–Kier alpha value is -1.95. The maximum absolute atomic E-state index is 10.8. The summed E-state index contributed by atoms with van der Waals surface area (Å²) in [4.78, 5) is 9.07. The Bertz CT molecular complexity index is 824. The molecule has 4 rings (SSSR count). The molecular weight excluding hydrogens is 362 g/mol. The molecule has 2 aliphatic heterocycles. The third-order valence-electron chi connectivity index (χ3n) is 6.18. The number of rotatable bonds is 6. The number of aliphatic hydroxyl groups is 1. The van der Waals surface area contributed by atoms with Crippen molar-refractivity contribution < 1.29 is 9.84 Å². The molecule has 0 spiro atoms. The molecule has 2 aliphatic rings. The predicted molar refractivity (Wildman–Crippen MR) is 115 cm³/mol. The highest BCUT2D eigenvalue weighted by Gasteiger charge is 2.32. The molecule has 0 unspecified atom stereocenters. The fourth-order valence-corrected chi connectivity index (χ4v) is 4.66. The molecule has 1 aromatic heterocycles. The van der Waals surface area contributed by atoms with Gasteiger partial charge in [-0.1, -0.05) is 18.2 Å². The largest absolute Gasteiger partial charge is 0.487 e. The van der Waals surface area contributed by atoms with Gasteiger partial charge in [0.25, 0.3) is 0 Å². The van der Waals surface area contributed by atoms with Crippen LogP contribution in [0.1, 0.15) is 37.1 Å². The van der Waals surface area contributed by atoms with Gasteiger partial charge in [-0.25, -0.2) is 0 Å². The summed E-state index contributed by atoms with van der Waals surface area (Å²) in [6, 6.07) is 12.8. The first-order chi connectivity index (χ1) is 13.9. The SMILES string of the molecule is CN(CCc1ccccn1)[C@@H]1CCN(Cc2ccc3c(c2)CC(C)(C)O3)C[C@H]1O. The minimum absolute atomic E-state index is 0.102. The molecule has 5 heteroatoms. The van der Waals surface area contributed by atoms with Gasteiger partial charge >= 0.3 is 0 Å².